The van der Waals surface area contributed by atoms with Gasteiger partial charge >= 0.3 is 0 Å². The number of carbonyl (C=O) groups excluding carboxylic acids is 2. The SMILES string of the molecule is CO[C@@H]1C[C@H]2CN(C(=O)c3cnc(NC(C)=O)s3)C[C@H]2C[C@H]1N(C)C.O=CO. The molecule has 1 aliphatic carbocycles. The molecule has 1 saturated carbocycles. The second kappa shape index (κ2) is 9.94. The first kappa shape index (κ1) is 22.3. The Kier molecular flexibility index (Phi) is 7.90. The lowest BCUT2D eigenvalue weighted by atomic mass is 9.77. The second-order valence-corrected chi connectivity index (χ2v) is 8.35. The number of carboxylic acid groups (broad SMARTS) is 1. The first-order chi connectivity index (χ1) is 13.3. The fourth-order valence-electron chi connectivity index (χ4n) is 4.09. The molecular weight excluding hydrogens is 384 g/mol. The standard InChI is InChI=1S/C17H26N4O3S.CH2O2/c1-10(22)19-17-18-7-15(25-17)16(23)21-8-11-5-13(20(2)3)14(24-4)6-12(11)9-21;2-1-3/h7,11-14H,5-6,8-9H2,1-4H3,(H,18,19,22);1H,(H,2,3)/t11-,12+,13-,14-;/m1./s1. The summed E-state index contributed by atoms with van der Waals surface area (Å²) in [7, 11) is 5.96. The molecule has 2 N–H and O–H groups in total. The highest BCUT2D eigenvalue weighted by molar-refractivity contribution is 7.17. The number of likely N-dealkylation sites (N-methyl/N-ethyl adjacent to an activating group) is 1. The van der Waals surface area contributed by atoms with Crippen molar-refractivity contribution in [2.75, 3.05) is 39.6 Å². The molecule has 10 heteroatoms. The number of methoxy groups -OCH3 is 1. The van der Waals surface area contributed by atoms with Crippen LogP contribution < -0.4 is 5.32 Å². The maximum Gasteiger partial charge on any atom is 0.290 e. The van der Waals surface area contributed by atoms with Gasteiger partial charge in [0.25, 0.3) is 12.4 Å². The zero-order chi connectivity index (χ0) is 20.8. The number of thiazole rings is 1. The van der Waals surface area contributed by atoms with Crippen LogP contribution in [0.4, 0.5) is 5.13 Å². The van der Waals surface area contributed by atoms with E-state index in [1.54, 1.807) is 13.3 Å². The van der Waals surface area contributed by atoms with Crippen LogP contribution in [0.5, 0.6) is 0 Å². The Bertz CT molecular complexity index is 695. The van der Waals surface area contributed by atoms with Crippen LogP contribution in [0.15, 0.2) is 6.20 Å². The molecule has 1 aromatic rings. The second-order valence-electron chi connectivity index (χ2n) is 7.32. The summed E-state index contributed by atoms with van der Waals surface area (Å²) in [6.45, 7) is 2.75. The van der Waals surface area contributed by atoms with E-state index in [0.29, 0.717) is 27.9 Å². The first-order valence-electron chi connectivity index (χ1n) is 9.10. The lowest BCUT2D eigenvalue weighted by molar-refractivity contribution is -0.123. The summed E-state index contributed by atoms with van der Waals surface area (Å²) in [5, 5.41) is 9.99. The normalized spacial score (nSPS) is 26.2. The smallest absolute Gasteiger partial charge is 0.290 e. The molecule has 0 unspecified atom stereocenters. The number of aromatic nitrogens is 1. The quantitative estimate of drug-likeness (QED) is 0.715. The number of nitrogens with zero attached hydrogens (tertiary/aromatic N) is 3. The van der Waals surface area contributed by atoms with E-state index in [9.17, 15) is 9.59 Å². The molecule has 1 aromatic heterocycles. The van der Waals surface area contributed by atoms with E-state index in [1.807, 2.05) is 4.90 Å². The predicted octanol–water partition coefficient (Wildman–Crippen LogP) is 1.23. The highest BCUT2D eigenvalue weighted by atomic mass is 32.1. The van der Waals surface area contributed by atoms with Crippen LogP contribution >= 0.6 is 11.3 Å². The molecular formula is C18H28N4O5S. The van der Waals surface area contributed by atoms with Gasteiger partial charge in [0.05, 0.1) is 12.3 Å². The third-order valence-electron chi connectivity index (χ3n) is 5.34. The van der Waals surface area contributed by atoms with Gasteiger partial charge in [0.1, 0.15) is 4.88 Å². The molecule has 0 spiro atoms. The third-order valence-corrected chi connectivity index (χ3v) is 6.24. The minimum absolute atomic E-state index is 0.0128. The molecule has 2 aliphatic rings. The van der Waals surface area contributed by atoms with Crippen LogP contribution in [-0.2, 0) is 14.3 Å². The fourth-order valence-corrected chi connectivity index (χ4v) is 4.92. The van der Waals surface area contributed by atoms with E-state index < -0.39 is 0 Å². The van der Waals surface area contributed by atoms with Crippen molar-refractivity contribution in [1.82, 2.24) is 14.8 Å². The van der Waals surface area contributed by atoms with Gasteiger partial charge in [-0.25, -0.2) is 4.98 Å². The van der Waals surface area contributed by atoms with Crippen molar-refractivity contribution >= 4 is 34.8 Å². The van der Waals surface area contributed by atoms with Gasteiger partial charge < -0.3 is 25.0 Å². The molecule has 0 radical (unpaired) electrons. The van der Waals surface area contributed by atoms with Crippen molar-refractivity contribution in [3.8, 4) is 0 Å². The maximum atomic E-state index is 12.8. The lowest BCUT2D eigenvalue weighted by Gasteiger charge is -2.40. The Morgan fingerprint density at radius 2 is 1.96 bits per heavy atom. The summed E-state index contributed by atoms with van der Waals surface area (Å²) >= 11 is 1.23. The van der Waals surface area contributed by atoms with Gasteiger partial charge in [-0.2, -0.15) is 0 Å². The third kappa shape index (κ3) is 5.27. The van der Waals surface area contributed by atoms with Crippen molar-refractivity contribution in [1.29, 1.82) is 0 Å². The van der Waals surface area contributed by atoms with Crippen molar-refractivity contribution in [3.05, 3.63) is 11.1 Å². The van der Waals surface area contributed by atoms with Crippen LogP contribution in [0.3, 0.4) is 0 Å². The van der Waals surface area contributed by atoms with E-state index in [1.165, 1.54) is 18.3 Å². The van der Waals surface area contributed by atoms with Crippen LogP contribution in [0.2, 0.25) is 0 Å². The zero-order valence-corrected chi connectivity index (χ0v) is 17.4. The predicted molar refractivity (Wildman–Crippen MR) is 106 cm³/mol. The number of ether oxygens (including phenoxy) is 1. The number of likely N-dealkylation sites (tertiary alicyclic amines) is 1. The van der Waals surface area contributed by atoms with Crippen LogP contribution in [-0.4, -0.2) is 84.6 Å². The van der Waals surface area contributed by atoms with Gasteiger partial charge in [-0.15, -0.1) is 0 Å². The molecule has 2 amide bonds. The monoisotopic (exact) mass is 412 g/mol. The average Bonchev–Trinajstić information content (AvgIpc) is 3.26. The summed E-state index contributed by atoms with van der Waals surface area (Å²) < 4.78 is 5.70. The molecule has 0 aromatic carbocycles. The molecule has 156 valence electrons. The topological polar surface area (TPSA) is 112 Å². The Morgan fingerprint density at radius 3 is 2.50 bits per heavy atom. The number of amides is 2. The Morgan fingerprint density at radius 1 is 1.36 bits per heavy atom. The molecule has 1 aliphatic heterocycles. The van der Waals surface area contributed by atoms with E-state index in [0.717, 1.165) is 25.9 Å². The minimum Gasteiger partial charge on any atom is -0.483 e. The highest BCUT2D eigenvalue weighted by Gasteiger charge is 2.44. The molecule has 4 atom stereocenters. The minimum atomic E-state index is -0.250. The summed E-state index contributed by atoms with van der Waals surface area (Å²) in [6, 6.07) is 0.399. The number of nitrogens with one attached hydrogen (secondary N) is 1. The van der Waals surface area contributed by atoms with Crippen LogP contribution in [0.1, 0.15) is 29.4 Å². The maximum absolute atomic E-state index is 12.8. The number of hydrogen-bond donors (Lipinski definition) is 2. The largest absolute Gasteiger partial charge is 0.483 e. The molecule has 3 rings (SSSR count). The van der Waals surface area contributed by atoms with Crippen molar-refractivity contribution in [2.24, 2.45) is 11.8 Å². The van der Waals surface area contributed by atoms with E-state index in [2.05, 4.69) is 29.3 Å². The van der Waals surface area contributed by atoms with Crippen molar-refractivity contribution in [2.45, 2.75) is 31.9 Å². The highest BCUT2D eigenvalue weighted by Crippen LogP contribution is 2.39. The van der Waals surface area contributed by atoms with Gasteiger partial charge in [-0.3, -0.25) is 14.4 Å². The number of hydrogen-bond acceptors (Lipinski definition) is 7. The van der Waals surface area contributed by atoms with Gasteiger partial charge in [-0.1, -0.05) is 11.3 Å². The van der Waals surface area contributed by atoms with Gasteiger partial charge in [0.2, 0.25) is 5.91 Å². The molecule has 1 saturated heterocycles. The Hall–Kier alpha value is -2.04. The first-order valence-corrected chi connectivity index (χ1v) is 9.92. The summed E-state index contributed by atoms with van der Waals surface area (Å²) in [5.41, 5.74) is 0. The molecule has 2 fully saturated rings. The summed E-state index contributed by atoms with van der Waals surface area (Å²) in [5.74, 6) is 0.845. The van der Waals surface area contributed by atoms with Crippen LogP contribution in [0, 0.1) is 11.8 Å². The van der Waals surface area contributed by atoms with Gasteiger partial charge in [0, 0.05) is 33.2 Å². The van der Waals surface area contributed by atoms with Gasteiger partial charge in [0.15, 0.2) is 5.13 Å². The lowest BCUT2D eigenvalue weighted by Crippen LogP contribution is -2.47. The number of fused-ring (bicyclic) bond motifs is 1. The van der Waals surface area contributed by atoms with Gasteiger partial charge in [-0.05, 0) is 38.8 Å². The van der Waals surface area contributed by atoms with Crippen LogP contribution in [0.25, 0.3) is 0 Å². The summed E-state index contributed by atoms with van der Waals surface area (Å²) in [6.07, 6.45) is 3.83. The van der Waals surface area contributed by atoms with Crippen molar-refractivity contribution < 1.29 is 24.2 Å². The van der Waals surface area contributed by atoms with E-state index in [4.69, 9.17) is 14.6 Å². The van der Waals surface area contributed by atoms with Crippen molar-refractivity contribution in [3.63, 3.8) is 0 Å². The fraction of sp³-hybridized carbons (Fsp3) is 0.667. The Balaban J connectivity index is 0.000000878. The summed E-state index contributed by atoms with van der Waals surface area (Å²) in [4.78, 5) is 41.1. The van der Waals surface area contributed by atoms with E-state index >= 15 is 0 Å². The van der Waals surface area contributed by atoms with E-state index in [-0.39, 0.29) is 24.4 Å². The molecule has 9 nitrogen and oxygen atoms in total. The average molecular weight is 413 g/mol. The molecule has 28 heavy (non-hydrogen) atoms. The molecule has 0 bridgehead atoms. The number of anilines is 1. The molecule has 2 heterocycles. The Labute approximate surface area is 168 Å². The number of carbonyl (C=O) groups is 3. The number of rotatable bonds is 4. The zero-order valence-electron chi connectivity index (χ0n) is 16.6.